The first kappa shape index (κ1) is 14.2. The van der Waals surface area contributed by atoms with Crippen LogP contribution in [0.25, 0.3) is 0 Å². The van der Waals surface area contributed by atoms with Crippen LogP contribution in [-0.2, 0) is 4.79 Å². The molecule has 0 saturated heterocycles. The Balaban J connectivity index is 4.39. The first-order chi connectivity index (χ1) is 7.04. The zero-order chi connectivity index (χ0) is 11.8. The lowest BCUT2D eigenvalue weighted by molar-refractivity contribution is -0.132. The smallest absolute Gasteiger partial charge is 0.331 e. The van der Waals surface area contributed by atoms with Crippen molar-refractivity contribution in [1.29, 1.82) is 0 Å². The number of unbranched alkanes of at least 4 members (excludes halogenated alkanes) is 2. The molecule has 88 valence electrons. The van der Waals surface area contributed by atoms with E-state index in [-0.39, 0.29) is 0 Å². The molecule has 0 aliphatic heterocycles. The van der Waals surface area contributed by atoms with Crippen molar-refractivity contribution in [3.63, 3.8) is 0 Å². The van der Waals surface area contributed by atoms with Gasteiger partial charge in [-0.05, 0) is 32.6 Å². The van der Waals surface area contributed by atoms with Crippen LogP contribution < -0.4 is 0 Å². The zero-order valence-corrected chi connectivity index (χ0v) is 10.5. The molecule has 1 N–H and O–H groups in total. The summed E-state index contributed by atoms with van der Waals surface area (Å²) in [6, 6.07) is 0. The molecular weight excluding hydrogens is 188 g/mol. The van der Waals surface area contributed by atoms with Gasteiger partial charge in [-0.25, -0.2) is 4.79 Å². The molecule has 0 fully saturated rings. The second-order valence-corrected chi connectivity index (χ2v) is 4.21. The number of rotatable bonds is 7. The number of carboxylic acid groups (broad SMARTS) is 1. The Morgan fingerprint density at radius 2 is 1.80 bits per heavy atom. The summed E-state index contributed by atoms with van der Waals surface area (Å²) in [6.07, 6.45) is 5.84. The average Bonchev–Trinajstić information content (AvgIpc) is 2.22. The molecule has 2 heteroatoms. The number of aliphatic carboxylic acids is 1. The second-order valence-electron chi connectivity index (χ2n) is 4.21. The highest BCUT2D eigenvalue weighted by molar-refractivity contribution is 5.86. The zero-order valence-electron chi connectivity index (χ0n) is 10.5. The van der Waals surface area contributed by atoms with Crippen LogP contribution in [0.1, 0.15) is 59.8 Å². The Morgan fingerprint density at radius 1 is 1.20 bits per heavy atom. The fourth-order valence-corrected chi connectivity index (χ4v) is 1.84. The topological polar surface area (TPSA) is 37.3 Å². The Bertz CT molecular complexity index is 229. The van der Waals surface area contributed by atoms with Crippen LogP contribution in [0.5, 0.6) is 0 Å². The van der Waals surface area contributed by atoms with Gasteiger partial charge in [-0.15, -0.1) is 0 Å². The predicted octanol–water partition coefficient (Wildman–Crippen LogP) is 4.01. The number of carboxylic acids is 1. The minimum absolute atomic E-state index is 0.452. The highest BCUT2D eigenvalue weighted by atomic mass is 16.4. The SMILES string of the molecule is CCCCCC(CC)/C(C)=C(/C)C(=O)O. The van der Waals surface area contributed by atoms with Crippen molar-refractivity contribution in [3.8, 4) is 0 Å². The van der Waals surface area contributed by atoms with Gasteiger partial charge in [-0.1, -0.05) is 38.7 Å². The quantitative estimate of drug-likeness (QED) is 0.511. The minimum atomic E-state index is -0.776. The van der Waals surface area contributed by atoms with Crippen molar-refractivity contribution < 1.29 is 9.90 Å². The molecule has 0 radical (unpaired) electrons. The lowest BCUT2D eigenvalue weighted by atomic mass is 9.89. The van der Waals surface area contributed by atoms with Crippen LogP contribution in [0.2, 0.25) is 0 Å². The van der Waals surface area contributed by atoms with E-state index in [2.05, 4.69) is 13.8 Å². The van der Waals surface area contributed by atoms with Gasteiger partial charge < -0.3 is 5.11 Å². The van der Waals surface area contributed by atoms with Gasteiger partial charge in [0.1, 0.15) is 0 Å². The van der Waals surface area contributed by atoms with E-state index in [1.165, 1.54) is 19.3 Å². The highest BCUT2D eigenvalue weighted by Gasteiger charge is 2.13. The number of hydrogen-bond acceptors (Lipinski definition) is 1. The molecule has 1 unspecified atom stereocenters. The number of hydrogen-bond donors (Lipinski definition) is 1. The molecule has 0 aromatic heterocycles. The summed E-state index contributed by atoms with van der Waals surface area (Å²) in [7, 11) is 0. The summed E-state index contributed by atoms with van der Waals surface area (Å²) in [5.41, 5.74) is 1.58. The van der Waals surface area contributed by atoms with Gasteiger partial charge in [0, 0.05) is 5.57 Å². The normalized spacial score (nSPS) is 14.7. The third-order valence-electron chi connectivity index (χ3n) is 3.17. The lowest BCUT2D eigenvalue weighted by Crippen LogP contribution is -2.08. The summed E-state index contributed by atoms with van der Waals surface area (Å²) >= 11 is 0. The third-order valence-corrected chi connectivity index (χ3v) is 3.17. The molecule has 0 saturated carbocycles. The van der Waals surface area contributed by atoms with E-state index in [4.69, 9.17) is 5.11 Å². The molecular formula is C13H24O2. The maximum absolute atomic E-state index is 10.8. The fraction of sp³-hybridized carbons (Fsp3) is 0.769. The summed E-state index contributed by atoms with van der Waals surface area (Å²) in [5, 5.41) is 8.91. The van der Waals surface area contributed by atoms with E-state index in [9.17, 15) is 4.79 Å². The molecule has 0 aromatic carbocycles. The van der Waals surface area contributed by atoms with E-state index < -0.39 is 5.97 Å². The number of carbonyl (C=O) groups is 1. The first-order valence-electron chi connectivity index (χ1n) is 5.95. The van der Waals surface area contributed by atoms with Crippen molar-refractivity contribution in [1.82, 2.24) is 0 Å². The van der Waals surface area contributed by atoms with Crippen LogP contribution in [0, 0.1) is 5.92 Å². The van der Waals surface area contributed by atoms with Crippen molar-refractivity contribution in [2.75, 3.05) is 0 Å². The van der Waals surface area contributed by atoms with E-state index in [1.54, 1.807) is 6.92 Å². The molecule has 0 aliphatic rings. The Labute approximate surface area is 93.4 Å². The van der Waals surface area contributed by atoms with Crippen molar-refractivity contribution in [3.05, 3.63) is 11.1 Å². The highest BCUT2D eigenvalue weighted by Crippen LogP contribution is 2.24. The summed E-state index contributed by atoms with van der Waals surface area (Å²) in [5.74, 6) is -0.325. The second kappa shape index (κ2) is 7.49. The molecule has 0 aromatic rings. The molecule has 0 aliphatic carbocycles. The molecule has 0 bridgehead atoms. The van der Waals surface area contributed by atoms with E-state index >= 15 is 0 Å². The molecule has 0 amide bonds. The average molecular weight is 212 g/mol. The molecule has 0 heterocycles. The van der Waals surface area contributed by atoms with E-state index in [0.29, 0.717) is 11.5 Å². The standard InChI is InChI=1S/C13H24O2/c1-5-7-8-9-12(6-2)10(3)11(4)13(14)15/h12H,5-9H2,1-4H3,(H,14,15)/b11-10-. The van der Waals surface area contributed by atoms with Crippen LogP contribution in [-0.4, -0.2) is 11.1 Å². The van der Waals surface area contributed by atoms with Crippen molar-refractivity contribution in [2.24, 2.45) is 5.92 Å². The van der Waals surface area contributed by atoms with Gasteiger partial charge in [0.15, 0.2) is 0 Å². The summed E-state index contributed by atoms with van der Waals surface area (Å²) < 4.78 is 0. The Hall–Kier alpha value is -0.790. The molecule has 2 nitrogen and oxygen atoms in total. The fourth-order valence-electron chi connectivity index (χ4n) is 1.84. The van der Waals surface area contributed by atoms with Crippen LogP contribution in [0.3, 0.4) is 0 Å². The first-order valence-corrected chi connectivity index (χ1v) is 5.95. The number of allylic oxidation sites excluding steroid dienone is 1. The van der Waals surface area contributed by atoms with Gasteiger partial charge in [0.05, 0.1) is 0 Å². The Kier molecular flexibility index (Phi) is 7.10. The van der Waals surface area contributed by atoms with E-state index in [0.717, 1.165) is 18.4 Å². The van der Waals surface area contributed by atoms with Crippen molar-refractivity contribution in [2.45, 2.75) is 59.8 Å². The van der Waals surface area contributed by atoms with Gasteiger partial charge in [-0.2, -0.15) is 0 Å². The molecule has 1 atom stereocenters. The summed E-state index contributed by atoms with van der Waals surface area (Å²) in [6.45, 7) is 7.99. The van der Waals surface area contributed by atoms with Crippen LogP contribution >= 0.6 is 0 Å². The van der Waals surface area contributed by atoms with Gasteiger partial charge in [0.25, 0.3) is 0 Å². The molecule has 0 rings (SSSR count). The predicted molar refractivity (Wildman–Crippen MR) is 63.9 cm³/mol. The lowest BCUT2D eigenvalue weighted by Gasteiger charge is -2.17. The van der Waals surface area contributed by atoms with Crippen molar-refractivity contribution >= 4 is 5.97 Å². The van der Waals surface area contributed by atoms with Gasteiger partial charge in [-0.3, -0.25) is 0 Å². The van der Waals surface area contributed by atoms with Gasteiger partial charge >= 0.3 is 5.97 Å². The summed E-state index contributed by atoms with van der Waals surface area (Å²) in [4.78, 5) is 10.8. The maximum Gasteiger partial charge on any atom is 0.331 e. The largest absolute Gasteiger partial charge is 0.478 e. The van der Waals surface area contributed by atoms with Crippen LogP contribution in [0.15, 0.2) is 11.1 Å². The minimum Gasteiger partial charge on any atom is -0.478 e. The van der Waals surface area contributed by atoms with Gasteiger partial charge in [0.2, 0.25) is 0 Å². The van der Waals surface area contributed by atoms with E-state index in [1.807, 2.05) is 6.92 Å². The maximum atomic E-state index is 10.8. The Morgan fingerprint density at radius 3 is 2.20 bits per heavy atom. The molecule has 0 spiro atoms. The third kappa shape index (κ3) is 5.01. The monoisotopic (exact) mass is 212 g/mol. The molecule has 15 heavy (non-hydrogen) atoms. The van der Waals surface area contributed by atoms with Crippen LogP contribution in [0.4, 0.5) is 0 Å².